The summed E-state index contributed by atoms with van der Waals surface area (Å²) in [5.74, 6) is -0.346. The van der Waals surface area contributed by atoms with Crippen LogP contribution in [-0.4, -0.2) is 21.1 Å². The van der Waals surface area contributed by atoms with Gasteiger partial charge in [0.1, 0.15) is 5.75 Å². The Labute approximate surface area is 114 Å². The number of halogens is 1. The Balaban J connectivity index is 2.65. The third-order valence-electron chi connectivity index (χ3n) is 2.56. The summed E-state index contributed by atoms with van der Waals surface area (Å²) >= 11 is 5.92. The Morgan fingerprint density at radius 1 is 1.56 bits per heavy atom. The van der Waals surface area contributed by atoms with E-state index in [4.69, 9.17) is 17.3 Å². The number of nitrogens with one attached hydrogen (secondary N) is 1. The molecule has 1 aromatic carbocycles. The lowest BCUT2D eigenvalue weighted by Crippen LogP contribution is -2.24. The quantitative estimate of drug-likeness (QED) is 0.817. The zero-order chi connectivity index (χ0) is 13.7. The molecule has 0 saturated heterocycles. The Bertz CT molecular complexity index is 465. The molecule has 0 fully saturated rings. The van der Waals surface area contributed by atoms with Crippen molar-refractivity contribution in [2.45, 2.75) is 25.5 Å². The van der Waals surface area contributed by atoms with Crippen LogP contribution in [0.2, 0.25) is 5.02 Å². The van der Waals surface area contributed by atoms with Gasteiger partial charge in [0.15, 0.2) is 0 Å². The number of hydrogen-bond acceptors (Lipinski definition) is 3. The monoisotopic (exact) mass is 288 g/mol. The van der Waals surface area contributed by atoms with E-state index >= 15 is 0 Å². The van der Waals surface area contributed by atoms with Gasteiger partial charge in [0.2, 0.25) is 5.91 Å². The molecule has 0 aliphatic carbocycles. The van der Waals surface area contributed by atoms with Gasteiger partial charge in [0.05, 0.1) is 10.7 Å². The maximum absolute atomic E-state index is 11.7. The van der Waals surface area contributed by atoms with Crippen LogP contribution in [0.15, 0.2) is 18.2 Å². The van der Waals surface area contributed by atoms with Crippen molar-refractivity contribution in [1.29, 1.82) is 0 Å². The Kier molecular flexibility index (Phi) is 5.62. The van der Waals surface area contributed by atoms with Crippen LogP contribution in [0, 0.1) is 0 Å². The van der Waals surface area contributed by atoms with Crippen LogP contribution in [0.1, 0.15) is 20.3 Å². The fraction of sp³-hybridized carbons (Fsp3) is 0.417. The lowest BCUT2D eigenvalue weighted by atomic mass is 10.3. The highest BCUT2D eigenvalue weighted by molar-refractivity contribution is 7.86. The van der Waals surface area contributed by atoms with Gasteiger partial charge in [-0.15, -0.1) is 0 Å². The molecular formula is C12H17ClN2O2S. The lowest BCUT2D eigenvalue weighted by molar-refractivity contribution is -0.113. The van der Waals surface area contributed by atoms with Crippen molar-refractivity contribution in [3.63, 3.8) is 0 Å². The topological polar surface area (TPSA) is 72.2 Å². The van der Waals surface area contributed by atoms with Crippen LogP contribution in [0.4, 0.5) is 11.4 Å². The SMILES string of the molecule is CCC(C)S(=O)CC(=O)Nc1cc(N)ccc1Cl. The average Bonchev–Trinajstić information content (AvgIpc) is 2.32. The summed E-state index contributed by atoms with van der Waals surface area (Å²) in [4.78, 5) is 11.7. The second kappa shape index (κ2) is 6.75. The first-order valence-corrected chi connectivity index (χ1v) is 7.42. The van der Waals surface area contributed by atoms with Crippen LogP contribution >= 0.6 is 11.6 Å². The number of hydrogen-bond donors (Lipinski definition) is 2. The number of benzene rings is 1. The van der Waals surface area contributed by atoms with Gasteiger partial charge in [-0.2, -0.15) is 0 Å². The Hall–Kier alpha value is -1.07. The molecule has 6 heteroatoms. The fourth-order valence-electron chi connectivity index (χ4n) is 1.28. The molecule has 1 aromatic rings. The zero-order valence-electron chi connectivity index (χ0n) is 10.4. The number of anilines is 2. The van der Waals surface area contributed by atoms with E-state index in [0.717, 1.165) is 6.42 Å². The number of amides is 1. The summed E-state index contributed by atoms with van der Waals surface area (Å²) in [6.07, 6.45) is 0.777. The molecule has 2 atom stereocenters. The van der Waals surface area contributed by atoms with Crippen LogP contribution in [0.25, 0.3) is 0 Å². The van der Waals surface area contributed by atoms with Crippen molar-refractivity contribution in [3.8, 4) is 0 Å². The Morgan fingerprint density at radius 3 is 2.83 bits per heavy atom. The molecule has 0 aliphatic rings. The lowest BCUT2D eigenvalue weighted by Gasteiger charge is -2.10. The van der Waals surface area contributed by atoms with Crippen molar-refractivity contribution in [2.75, 3.05) is 16.8 Å². The standard InChI is InChI=1S/C12H17ClN2O2S/c1-3-8(2)18(17)7-12(16)15-11-6-9(14)4-5-10(11)13/h4-6,8H,3,7,14H2,1-2H3,(H,15,16). The number of nitrogens with two attached hydrogens (primary N) is 1. The molecule has 1 amide bonds. The molecule has 2 unspecified atom stereocenters. The van der Waals surface area contributed by atoms with Gasteiger partial charge < -0.3 is 11.1 Å². The minimum atomic E-state index is -1.17. The molecule has 100 valence electrons. The molecule has 0 heterocycles. The van der Waals surface area contributed by atoms with Gasteiger partial charge in [-0.1, -0.05) is 25.4 Å². The largest absolute Gasteiger partial charge is 0.399 e. The number of nitrogen functional groups attached to an aromatic ring is 1. The van der Waals surface area contributed by atoms with E-state index in [9.17, 15) is 9.00 Å². The van der Waals surface area contributed by atoms with Gasteiger partial charge in [-0.25, -0.2) is 0 Å². The first kappa shape index (κ1) is 15.0. The molecule has 1 rings (SSSR count). The summed E-state index contributed by atoms with van der Waals surface area (Å²) in [5.41, 5.74) is 6.56. The van der Waals surface area contributed by atoms with Gasteiger partial charge in [0.25, 0.3) is 0 Å². The van der Waals surface area contributed by atoms with Gasteiger partial charge >= 0.3 is 0 Å². The van der Waals surface area contributed by atoms with Crippen molar-refractivity contribution in [3.05, 3.63) is 23.2 Å². The van der Waals surface area contributed by atoms with Crippen molar-refractivity contribution in [1.82, 2.24) is 0 Å². The molecule has 0 saturated carbocycles. The number of rotatable bonds is 5. The average molecular weight is 289 g/mol. The highest BCUT2D eigenvalue weighted by Crippen LogP contribution is 2.23. The van der Waals surface area contributed by atoms with E-state index in [2.05, 4.69) is 5.32 Å². The maximum Gasteiger partial charge on any atom is 0.237 e. The molecule has 18 heavy (non-hydrogen) atoms. The first-order chi connectivity index (χ1) is 8.43. The van der Waals surface area contributed by atoms with Crippen molar-refractivity contribution < 1.29 is 9.00 Å². The first-order valence-electron chi connectivity index (χ1n) is 5.66. The molecule has 0 bridgehead atoms. The third-order valence-corrected chi connectivity index (χ3v) is 4.67. The summed E-state index contributed by atoms with van der Waals surface area (Å²) in [7, 11) is -1.17. The van der Waals surface area contributed by atoms with Gasteiger partial charge in [-0.3, -0.25) is 9.00 Å². The molecule has 0 aromatic heterocycles. The van der Waals surface area contributed by atoms with E-state index in [1.165, 1.54) is 0 Å². The molecule has 0 radical (unpaired) electrons. The molecule has 4 nitrogen and oxygen atoms in total. The van der Waals surface area contributed by atoms with E-state index in [1.807, 2.05) is 13.8 Å². The zero-order valence-corrected chi connectivity index (χ0v) is 12.0. The summed E-state index contributed by atoms with van der Waals surface area (Å²) < 4.78 is 11.7. The summed E-state index contributed by atoms with van der Waals surface area (Å²) in [6.45, 7) is 3.80. The second-order valence-electron chi connectivity index (χ2n) is 4.03. The van der Waals surface area contributed by atoms with E-state index in [0.29, 0.717) is 16.4 Å². The highest BCUT2D eigenvalue weighted by Gasteiger charge is 2.14. The minimum absolute atomic E-state index is 0.00654. The predicted molar refractivity (Wildman–Crippen MR) is 77.3 cm³/mol. The van der Waals surface area contributed by atoms with E-state index < -0.39 is 10.8 Å². The van der Waals surface area contributed by atoms with Gasteiger partial charge in [0, 0.05) is 21.7 Å². The van der Waals surface area contributed by atoms with E-state index in [1.54, 1.807) is 18.2 Å². The maximum atomic E-state index is 11.7. The summed E-state index contributed by atoms with van der Waals surface area (Å²) in [6, 6.07) is 4.83. The van der Waals surface area contributed by atoms with Crippen LogP contribution in [-0.2, 0) is 15.6 Å². The molecule has 3 N–H and O–H groups in total. The normalized spacial score (nSPS) is 13.9. The third kappa shape index (κ3) is 4.31. The molecule has 0 spiro atoms. The molecule has 0 aliphatic heterocycles. The second-order valence-corrected chi connectivity index (χ2v) is 6.29. The van der Waals surface area contributed by atoms with Crippen LogP contribution in [0.3, 0.4) is 0 Å². The van der Waals surface area contributed by atoms with Crippen molar-refractivity contribution in [2.24, 2.45) is 0 Å². The smallest absolute Gasteiger partial charge is 0.237 e. The van der Waals surface area contributed by atoms with Crippen molar-refractivity contribution >= 4 is 39.7 Å². The summed E-state index contributed by atoms with van der Waals surface area (Å²) in [5, 5.41) is 3.03. The fourth-order valence-corrected chi connectivity index (χ4v) is 2.43. The van der Waals surface area contributed by atoms with Gasteiger partial charge in [-0.05, 0) is 24.6 Å². The van der Waals surface area contributed by atoms with Crippen LogP contribution < -0.4 is 11.1 Å². The number of carbonyl (C=O) groups is 1. The van der Waals surface area contributed by atoms with E-state index in [-0.39, 0.29) is 16.9 Å². The Morgan fingerprint density at radius 2 is 2.22 bits per heavy atom. The predicted octanol–water partition coefficient (Wildman–Crippen LogP) is 2.41. The number of carbonyl (C=O) groups excluding carboxylic acids is 1. The minimum Gasteiger partial charge on any atom is -0.399 e. The molecular weight excluding hydrogens is 272 g/mol. The highest BCUT2D eigenvalue weighted by atomic mass is 35.5. The van der Waals surface area contributed by atoms with Crippen LogP contribution in [0.5, 0.6) is 0 Å².